The number of H-pyrrole nitrogens is 2. The van der Waals surface area contributed by atoms with Gasteiger partial charge in [0.05, 0.1) is 49.6 Å². The number of anilines is 1. The van der Waals surface area contributed by atoms with Crippen molar-refractivity contribution in [1.29, 1.82) is 0 Å². The molecule has 0 fully saturated rings. The van der Waals surface area contributed by atoms with Crippen molar-refractivity contribution in [3.05, 3.63) is 92.0 Å². The van der Waals surface area contributed by atoms with Crippen molar-refractivity contribution >= 4 is 5.95 Å². The molecule has 3 heterocycles. The number of para-hydroxylation sites is 2. The Balaban J connectivity index is 0.000000186. The van der Waals surface area contributed by atoms with Crippen LogP contribution in [0.1, 0.15) is 12.8 Å². The molecule has 0 spiro atoms. The topological polar surface area (TPSA) is 140 Å². The van der Waals surface area contributed by atoms with E-state index in [0.29, 0.717) is 25.7 Å². The number of hydrogen-bond acceptors (Lipinski definition) is 8. The van der Waals surface area contributed by atoms with Crippen molar-refractivity contribution in [2.45, 2.75) is 12.8 Å². The lowest BCUT2D eigenvalue weighted by Gasteiger charge is -2.10. The second-order valence-corrected chi connectivity index (χ2v) is 8.11. The summed E-state index contributed by atoms with van der Waals surface area (Å²) in [7, 11) is 0. The first-order chi connectivity index (χ1) is 18.8. The fraction of sp³-hybridized carbons (Fsp3) is 0.214. The molecule has 0 saturated carbocycles. The normalized spacial score (nSPS) is 10.3. The minimum absolute atomic E-state index is 0.616. The van der Waals surface area contributed by atoms with Gasteiger partial charge in [-0.15, -0.1) is 0 Å². The molecule has 0 aliphatic heterocycles. The number of nitrogens with zero attached hydrogens (tertiary/aromatic N) is 4. The number of nitrogens with one attached hydrogen (secondary N) is 3. The minimum Gasteiger partial charge on any atom is -0.493 e. The molecule has 0 unspecified atom stereocenters. The van der Waals surface area contributed by atoms with Crippen molar-refractivity contribution in [2.75, 3.05) is 31.6 Å². The number of rotatable bonds is 12. The first kappa shape index (κ1) is 26.4. The molecule has 0 amide bonds. The maximum absolute atomic E-state index is 5.87. The number of imidazole rings is 2. The molecule has 2 aromatic carbocycles. The van der Waals surface area contributed by atoms with Gasteiger partial charge in [0.25, 0.3) is 0 Å². The van der Waals surface area contributed by atoms with Gasteiger partial charge in [0.1, 0.15) is 11.5 Å². The molecule has 38 heavy (non-hydrogen) atoms. The Kier molecular flexibility index (Phi) is 10.2. The molecule has 0 atom stereocenters. The van der Waals surface area contributed by atoms with Gasteiger partial charge < -0.3 is 30.5 Å². The van der Waals surface area contributed by atoms with Crippen LogP contribution in [0.4, 0.5) is 5.95 Å². The quantitative estimate of drug-likeness (QED) is 0.179. The van der Waals surface area contributed by atoms with Crippen LogP contribution < -0.4 is 20.5 Å². The largest absolute Gasteiger partial charge is 0.493 e. The first-order valence-corrected chi connectivity index (χ1v) is 12.5. The summed E-state index contributed by atoms with van der Waals surface area (Å²) in [5, 5.41) is 3.15. The highest BCUT2D eigenvalue weighted by Gasteiger charge is 2.07. The molecule has 3 aromatic heterocycles. The predicted molar refractivity (Wildman–Crippen MR) is 148 cm³/mol. The average Bonchev–Trinajstić information content (AvgIpc) is 3.70. The van der Waals surface area contributed by atoms with E-state index in [4.69, 9.17) is 15.2 Å². The van der Waals surface area contributed by atoms with Crippen molar-refractivity contribution in [1.82, 2.24) is 29.9 Å². The number of aromatic amines is 2. The zero-order valence-electron chi connectivity index (χ0n) is 21.1. The van der Waals surface area contributed by atoms with Crippen LogP contribution in [0.15, 0.2) is 92.0 Å². The van der Waals surface area contributed by atoms with Crippen molar-refractivity contribution in [2.24, 2.45) is 5.73 Å². The molecule has 5 aromatic rings. The summed E-state index contributed by atoms with van der Waals surface area (Å²) >= 11 is 0. The molecule has 5 N–H and O–H groups in total. The Morgan fingerprint density at radius 3 is 1.79 bits per heavy atom. The first-order valence-electron chi connectivity index (χ1n) is 12.5. The van der Waals surface area contributed by atoms with E-state index in [9.17, 15) is 0 Å². The molecular formula is C28H32N8O2. The maximum atomic E-state index is 5.87. The summed E-state index contributed by atoms with van der Waals surface area (Å²) in [6, 6.07) is 17.6. The smallest absolute Gasteiger partial charge is 0.222 e. The van der Waals surface area contributed by atoms with E-state index in [1.165, 1.54) is 0 Å². The third-order valence-electron chi connectivity index (χ3n) is 5.38. The molecule has 0 aliphatic carbocycles. The lowest BCUT2D eigenvalue weighted by molar-refractivity contribution is 0.314. The van der Waals surface area contributed by atoms with Gasteiger partial charge in [-0.1, -0.05) is 24.3 Å². The van der Waals surface area contributed by atoms with Crippen molar-refractivity contribution in [3.8, 4) is 34.0 Å². The summed E-state index contributed by atoms with van der Waals surface area (Å²) in [6.45, 7) is 2.66. The fourth-order valence-electron chi connectivity index (χ4n) is 3.55. The van der Waals surface area contributed by atoms with E-state index < -0.39 is 0 Å². The molecule has 0 saturated heterocycles. The summed E-state index contributed by atoms with van der Waals surface area (Å²) < 4.78 is 11.5. The highest BCUT2D eigenvalue weighted by atomic mass is 16.5. The second-order valence-electron chi connectivity index (χ2n) is 8.11. The van der Waals surface area contributed by atoms with Crippen LogP contribution in [0.5, 0.6) is 11.5 Å². The minimum atomic E-state index is 0.616. The van der Waals surface area contributed by atoms with E-state index in [1.807, 2.05) is 48.5 Å². The van der Waals surface area contributed by atoms with Gasteiger partial charge in [0, 0.05) is 30.1 Å². The standard InChI is InChI=1S/C16H17N5O.C12H15N3O/c1-2-6-15(13(5-1)14-11-17-12-21-14)22-10-4-9-20-16-18-7-3-8-19-16;13-6-3-7-16-12-5-2-1-4-10(12)11-8-14-9-15-11/h1-3,5-8,11-12H,4,9-10H2,(H,17,21)(H,18,19,20);1-2,4-5,8-9H,3,6-7,13H2,(H,14,15). The maximum Gasteiger partial charge on any atom is 0.222 e. The van der Waals surface area contributed by atoms with Crippen LogP contribution in [0.3, 0.4) is 0 Å². The average molecular weight is 513 g/mol. The van der Waals surface area contributed by atoms with E-state index in [-0.39, 0.29) is 0 Å². The molecule has 0 bridgehead atoms. The number of hydrogen-bond donors (Lipinski definition) is 4. The summed E-state index contributed by atoms with van der Waals surface area (Å²) in [5.41, 5.74) is 9.38. The summed E-state index contributed by atoms with van der Waals surface area (Å²) in [5.74, 6) is 2.35. The lowest BCUT2D eigenvalue weighted by atomic mass is 10.1. The second kappa shape index (κ2) is 14.8. The van der Waals surface area contributed by atoms with Crippen LogP contribution in [-0.4, -0.2) is 56.2 Å². The number of ether oxygens (including phenoxy) is 2. The molecular weight excluding hydrogens is 480 g/mol. The summed E-state index contributed by atoms with van der Waals surface area (Å²) in [6.07, 6.45) is 12.0. The van der Waals surface area contributed by atoms with Crippen molar-refractivity contribution < 1.29 is 9.47 Å². The van der Waals surface area contributed by atoms with Crippen molar-refractivity contribution in [3.63, 3.8) is 0 Å². The summed E-state index contributed by atoms with van der Waals surface area (Å²) in [4.78, 5) is 22.4. The van der Waals surface area contributed by atoms with Gasteiger partial charge in [0.15, 0.2) is 0 Å². The molecule has 0 aliphatic rings. The Labute approximate surface area is 221 Å². The van der Waals surface area contributed by atoms with Crippen LogP contribution in [0.2, 0.25) is 0 Å². The van der Waals surface area contributed by atoms with Crippen LogP contribution in [0, 0.1) is 0 Å². The Morgan fingerprint density at radius 2 is 1.26 bits per heavy atom. The molecule has 10 heteroatoms. The SMILES string of the molecule is NCCCOc1ccccc1-c1cnc[nH]1.c1cnc(NCCCOc2ccccc2-c2cnc[nH]2)nc1. The van der Waals surface area contributed by atoms with Gasteiger partial charge in [-0.2, -0.15) is 0 Å². The van der Waals surface area contributed by atoms with E-state index >= 15 is 0 Å². The zero-order chi connectivity index (χ0) is 26.3. The highest BCUT2D eigenvalue weighted by molar-refractivity contribution is 5.67. The molecule has 0 radical (unpaired) electrons. The molecule has 196 valence electrons. The number of nitrogens with two attached hydrogens (primary N) is 1. The fourth-order valence-corrected chi connectivity index (χ4v) is 3.55. The zero-order valence-corrected chi connectivity index (χ0v) is 21.1. The van der Waals surface area contributed by atoms with Gasteiger partial charge >= 0.3 is 0 Å². The van der Waals surface area contributed by atoms with Crippen LogP contribution in [-0.2, 0) is 0 Å². The van der Waals surface area contributed by atoms with Crippen LogP contribution in [0.25, 0.3) is 22.5 Å². The number of aromatic nitrogens is 6. The van der Waals surface area contributed by atoms with E-state index in [1.54, 1.807) is 43.5 Å². The highest BCUT2D eigenvalue weighted by Crippen LogP contribution is 2.28. The third kappa shape index (κ3) is 7.90. The Bertz CT molecular complexity index is 1310. The van der Waals surface area contributed by atoms with Gasteiger partial charge in [-0.25, -0.2) is 19.9 Å². The van der Waals surface area contributed by atoms with Gasteiger partial charge in [0.2, 0.25) is 5.95 Å². The predicted octanol–water partition coefficient (Wildman–Crippen LogP) is 4.55. The van der Waals surface area contributed by atoms with Gasteiger partial charge in [-0.05, 0) is 49.7 Å². The van der Waals surface area contributed by atoms with E-state index in [0.717, 1.165) is 53.4 Å². The van der Waals surface area contributed by atoms with Gasteiger partial charge in [-0.3, -0.25) is 0 Å². The number of benzene rings is 2. The molecule has 5 rings (SSSR count). The Morgan fingerprint density at radius 1 is 0.711 bits per heavy atom. The van der Waals surface area contributed by atoms with Crippen LogP contribution >= 0.6 is 0 Å². The lowest BCUT2D eigenvalue weighted by Crippen LogP contribution is -2.09. The van der Waals surface area contributed by atoms with E-state index in [2.05, 4.69) is 35.2 Å². The third-order valence-corrected chi connectivity index (χ3v) is 5.38. The Hall–Kier alpha value is -4.70. The monoisotopic (exact) mass is 512 g/mol. The molecule has 10 nitrogen and oxygen atoms in total.